The average molecular weight is 530 g/mol. The van der Waals surface area contributed by atoms with Gasteiger partial charge in [0.2, 0.25) is 10.0 Å². The molecule has 0 spiro atoms. The predicted molar refractivity (Wildman–Crippen MR) is 140 cm³/mol. The van der Waals surface area contributed by atoms with Gasteiger partial charge in [-0.2, -0.15) is 0 Å². The van der Waals surface area contributed by atoms with Crippen molar-refractivity contribution in [3.05, 3.63) is 82.9 Å². The largest absolute Gasteiger partial charge is 0.444 e. The number of allylic oxidation sites excluding steroid dienone is 4. The lowest BCUT2D eigenvalue weighted by atomic mass is 9.91. The molecule has 0 saturated carbocycles. The molecule has 1 aliphatic carbocycles. The van der Waals surface area contributed by atoms with Crippen molar-refractivity contribution in [2.45, 2.75) is 51.0 Å². The Morgan fingerprint density at radius 3 is 2.72 bits per heavy atom. The zero-order valence-corrected chi connectivity index (χ0v) is 22.1. The van der Waals surface area contributed by atoms with E-state index in [2.05, 4.69) is 10.5 Å². The van der Waals surface area contributed by atoms with Crippen molar-refractivity contribution < 1.29 is 22.5 Å². The third-order valence-corrected chi connectivity index (χ3v) is 8.60. The van der Waals surface area contributed by atoms with Gasteiger partial charge in [-0.15, -0.1) is 0 Å². The summed E-state index contributed by atoms with van der Waals surface area (Å²) in [6.45, 7) is 6.88. The van der Waals surface area contributed by atoms with Gasteiger partial charge in [0.1, 0.15) is 22.3 Å². The Kier molecular flexibility index (Phi) is 6.90. The monoisotopic (exact) mass is 529 g/mol. The van der Waals surface area contributed by atoms with Crippen LogP contribution in [0, 0.1) is 0 Å². The summed E-state index contributed by atoms with van der Waals surface area (Å²) in [5, 5.41) is 7.58. The van der Waals surface area contributed by atoms with E-state index in [-0.39, 0.29) is 13.0 Å². The number of aromatic nitrogens is 2. The normalized spacial score (nSPS) is 18.8. The molecule has 0 aliphatic heterocycles. The molecule has 0 bridgehead atoms. The molecule has 3 aromatic rings. The van der Waals surface area contributed by atoms with Gasteiger partial charge in [0.15, 0.2) is 0 Å². The Hall–Kier alpha value is -3.30. The Bertz CT molecular complexity index is 1480. The lowest BCUT2D eigenvalue weighted by Gasteiger charge is -2.33. The van der Waals surface area contributed by atoms with Crippen LogP contribution in [0.3, 0.4) is 0 Å². The molecule has 1 atom stereocenters. The second-order valence-electron chi connectivity index (χ2n) is 9.68. The molecule has 8 nitrogen and oxygen atoms in total. The van der Waals surface area contributed by atoms with Gasteiger partial charge in [0.05, 0.1) is 17.8 Å². The average Bonchev–Trinajstić information content (AvgIpc) is 3.43. The fourth-order valence-electron chi connectivity index (χ4n) is 4.09. The topological polar surface area (TPSA) is 103 Å². The summed E-state index contributed by atoms with van der Waals surface area (Å²) in [7, 11) is -4.10. The quantitative estimate of drug-likeness (QED) is 0.435. The van der Waals surface area contributed by atoms with Crippen molar-refractivity contribution in [1.82, 2.24) is 14.4 Å². The van der Waals surface area contributed by atoms with Crippen LogP contribution in [0.1, 0.15) is 45.5 Å². The molecule has 1 aromatic carbocycles. The van der Waals surface area contributed by atoms with E-state index in [0.717, 1.165) is 5.39 Å². The summed E-state index contributed by atoms with van der Waals surface area (Å²) >= 11 is 6.55. The Morgan fingerprint density at radius 1 is 1.28 bits per heavy atom. The molecule has 0 fully saturated rings. The molecule has 1 N–H and O–H groups in total. The van der Waals surface area contributed by atoms with Crippen LogP contribution < -0.4 is 5.32 Å². The van der Waals surface area contributed by atoms with Crippen LogP contribution in [0.2, 0.25) is 0 Å². The van der Waals surface area contributed by atoms with Gasteiger partial charge in [-0.3, -0.25) is 0 Å². The maximum Gasteiger partial charge on any atom is 0.407 e. The number of nitrogens with zero attached hydrogens (tertiary/aromatic N) is 2. The predicted octanol–water partition coefficient (Wildman–Crippen LogP) is 5.76. The van der Waals surface area contributed by atoms with E-state index in [4.69, 9.17) is 20.9 Å². The number of benzene rings is 1. The molecule has 1 unspecified atom stereocenters. The van der Waals surface area contributed by atoms with E-state index in [9.17, 15) is 13.2 Å². The highest BCUT2D eigenvalue weighted by Gasteiger charge is 2.45. The lowest BCUT2D eigenvalue weighted by Crippen LogP contribution is -2.43. The van der Waals surface area contributed by atoms with Crippen molar-refractivity contribution in [1.29, 1.82) is 0 Å². The molecule has 36 heavy (non-hydrogen) atoms. The van der Waals surface area contributed by atoms with E-state index in [1.807, 2.05) is 12.1 Å². The summed E-state index contributed by atoms with van der Waals surface area (Å²) in [6, 6.07) is 10.6. The number of hydrogen-bond acceptors (Lipinski definition) is 6. The van der Waals surface area contributed by atoms with Gasteiger partial charge in [0.25, 0.3) is 0 Å². The van der Waals surface area contributed by atoms with Crippen molar-refractivity contribution >= 4 is 44.7 Å². The van der Waals surface area contributed by atoms with E-state index in [1.54, 1.807) is 76.3 Å². The van der Waals surface area contributed by atoms with E-state index < -0.39 is 26.5 Å². The summed E-state index contributed by atoms with van der Waals surface area (Å²) in [6.07, 6.45) is 7.76. The van der Waals surface area contributed by atoms with Gasteiger partial charge in [-0.25, -0.2) is 17.2 Å². The number of carbonyl (C=O) groups is 1. The molecule has 4 rings (SSSR count). The first-order chi connectivity index (χ1) is 16.9. The van der Waals surface area contributed by atoms with Crippen molar-refractivity contribution in [3.63, 3.8) is 0 Å². The van der Waals surface area contributed by atoms with Crippen LogP contribution in [-0.4, -0.2) is 34.0 Å². The summed E-state index contributed by atoms with van der Waals surface area (Å²) < 4.78 is 38.9. The summed E-state index contributed by atoms with van der Waals surface area (Å²) in [4.78, 5) is 12.3. The number of nitrogens with one attached hydrogen (secondary N) is 1. The summed E-state index contributed by atoms with van der Waals surface area (Å²) in [5.41, 5.74) is 1.18. The zero-order chi connectivity index (χ0) is 26.1. The Balaban J connectivity index is 1.79. The second-order valence-corrected chi connectivity index (χ2v) is 12.3. The van der Waals surface area contributed by atoms with Gasteiger partial charge >= 0.3 is 6.09 Å². The first kappa shape index (κ1) is 25.8. The molecular formula is C26H28ClN3O5S. The minimum atomic E-state index is -4.10. The number of para-hydroxylation sites is 1. The van der Waals surface area contributed by atoms with Crippen molar-refractivity contribution in [3.8, 4) is 0 Å². The highest BCUT2D eigenvalue weighted by atomic mass is 35.5. The number of alkyl carbamates (subject to hydrolysis) is 1. The highest BCUT2D eigenvalue weighted by Crippen LogP contribution is 2.41. The first-order valence-electron chi connectivity index (χ1n) is 11.4. The van der Waals surface area contributed by atoms with Crippen molar-refractivity contribution in [2.24, 2.45) is 0 Å². The number of carbonyl (C=O) groups excluding carboxylic acids is 1. The van der Waals surface area contributed by atoms with Gasteiger partial charge in [0, 0.05) is 16.5 Å². The Labute approximate surface area is 215 Å². The lowest BCUT2D eigenvalue weighted by molar-refractivity contribution is 0.0522. The Morgan fingerprint density at radius 2 is 2.03 bits per heavy atom. The van der Waals surface area contributed by atoms with Crippen LogP contribution >= 0.6 is 11.6 Å². The number of amides is 1. The fourth-order valence-corrected chi connectivity index (χ4v) is 6.52. The van der Waals surface area contributed by atoms with Crippen LogP contribution in [0.4, 0.5) is 4.79 Å². The first-order valence-corrected chi connectivity index (χ1v) is 13.2. The maximum atomic E-state index is 14.4. The second kappa shape index (κ2) is 9.63. The number of fused-ring (bicyclic) bond motifs is 1. The molecule has 0 radical (unpaired) electrons. The van der Waals surface area contributed by atoms with Crippen LogP contribution in [0.15, 0.2) is 76.0 Å². The summed E-state index contributed by atoms with van der Waals surface area (Å²) in [5.74, 6) is 0. The van der Waals surface area contributed by atoms with E-state index >= 15 is 0 Å². The van der Waals surface area contributed by atoms with Gasteiger partial charge in [-0.1, -0.05) is 47.1 Å². The third kappa shape index (κ3) is 4.99. The van der Waals surface area contributed by atoms with Crippen LogP contribution in [0.5, 0.6) is 0 Å². The highest BCUT2D eigenvalue weighted by molar-refractivity contribution is 7.91. The smallest absolute Gasteiger partial charge is 0.407 e. The number of ether oxygens (including phenoxy) is 1. The molecule has 1 aliphatic rings. The third-order valence-electron chi connectivity index (χ3n) is 5.84. The number of hydrogen-bond donors (Lipinski definition) is 1. The van der Waals surface area contributed by atoms with E-state index in [0.29, 0.717) is 27.5 Å². The molecule has 2 aromatic heterocycles. The van der Waals surface area contributed by atoms with Crippen LogP contribution in [0.25, 0.3) is 17.0 Å². The maximum absolute atomic E-state index is 14.4. The molecule has 10 heteroatoms. The fraction of sp³-hybridized carbons (Fsp3) is 0.308. The van der Waals surface area contributed by atoms with E-state index in [1.165, 1.54) is 10.2 Å². The minimum absolute atomic E-state index is 0.0453. The molecule has 1 amide bonds. The molecule has 190 valence electrons. The molecule has 2 heterocycles. The number of rotatable bonds is 6. The molecule has 0 saturated heterocycles. The molecular weight excluding hydrogens is 502 g/mol. The van der Waals surface area contributed by atoms with Crippen LogP contribution in [-0.2, 0) is 21.3 Å². The SMILES string of the molecule is CC(C)(C)OC(=O)NCc1cc2ccccc2n1S(=O)(=O)C1(C)CC=CC(Cl)=C1/C=C/c1ccon1. The number of halogens is 1. The standard InChI is InChI=1S/C26H28ClN3O5S/c1-25(2,3)35-24(31)28-17-20-16-18-8-5-6-10-23(18)30(20)36(32,33)26(4)14-7-9-22(27)21(26)12-11-19-13-15-34-29-19/h5-13,15-16H,14,17H2,1-4H3,(H,28,31)/b12-11+. The van der Waals surface area contributed by atoms with Crippen molar-refractivity contribution in [2.75, 3.05) is 0 Å². The minimum Gasteiger partial charge on any atom is -0.444 e. The zero-order valence-electron chi connectivity index (χ0n) is 20.5. The van der Waals surface area contributed by atoms with Gasteiger partial charge in [-0.05, 0) is 64.0 Å². The van der Waals surface area contributed by atoms with Gasteiger partial charge < -0.3 is 14.6 Å².